The molecule has 4 rings (SSSR count). The summed E-state index contributed by atoms with van der Waals surface area (Å²) in [6, 6.07) is 10.5. The van der Waals surface area contributed by atoms with E-state index in [0.29, 0.717) is 24.5 Å². The SMILES string of the molecule is O=C(OCc1cccc(F)c1)c1cc(S(=O)(=O)N2CCOCC2)ccc1N1CCCCC1. The summed E-state index contributed by atoms with van der Waals surface area (Å²) in [6.45, 7) is 2.71. The van der Waals surface area contributed by atoms with Crippen molar-refractivity contribution in [3.63, 3.8) is 0 Å². The maximum Gasteiger partial charge on any atom is 0.340 e. The third kappa shape index (κ3) is 5.11. The van der Waals surface area contributed by atoms with Crippen LogP contribution >= 0.6 is 0 Å². The molecule has 9 heteroatoms. The molecule has 32 heavy (non-hydrogen) atoms. The Morgan fingerprint density at radius 2 is 1.75 bits per heavy atom. The number of hydrogen-bond acceptors (Lipinski definition) is 6. The molecule has 0 saturated carbocycles. The molecule has 172 valence electrons. The van der Waals surface area contributed by atoms with E-state index in [1.54, 1.807) is 24.3 Å². The molecular weight excluding hydrogens is 435 g/mol. The van der Waals surface area contributed by atoms with Crippen LogP contribution in [0.4, 0.5) is 10.1 Å². The van der Waals surface area contributed by atoms with Crippen LogP contribution < -0.4 is 4.90 Å². The fourth-order valence-electron chi connectivity index (χ4n) is 4.04. The molecule has 0 amide bonds. The van der Waals surface area contributed by atoms with Gasteiger partial charge in [0.25, 0.3) is 0 Å². The van der Waals surface area contributed by atoms with Gasteiger partial charge in [0, 0.05) is 26.2 Å². The molecule has 0 aliphatic carbocycles. The largest absolute Gasteiger partial charge is 0.457 e. The standard InChI is InChI=1S/C23H27FN2O5S/c24-19-6-4-5-18(15-19)17-31-23(27)21-16-20(32(28,29)26-11-13-30-14-12-26)7-8-22(21)25-9-2-1-3-10-25/h4-8,15-16H,1-3,9-14,17H2. The molecule has 0 N–H and O–H groups in total. The summed E-state index contributed by atoms with van der Waals surface area (Å²) in [5.41, 5.74) is 1.39. The quantitative estimate of drug-likeness (QED) is 0.614. The molecule has 2 aliphatic rings. The van der Waals surface area contributed by atoms with Crippen molar-refractivity contribution >= 4 is 21.7 Å². The zero-order chi connectivity index (χ0) is 22.6. The summed E-state index contributed by atoms with van der Waals surface area (Å²) in [6.07, 6.45) is 3.14. The van der Waals surface area contributed by atoms with E-state index in [0.717, 1.165) is 32.4 Å². The van der Waals surface area contributed by atoms with Crippen LogP contribution in [0.1, 0.15) is 35.2 Å². The molecule has 7 nitrogen and oxygen atoms in total. The highest BCUT2D eigenvalue weighted by Gasteiger charge is 2.29. The highest BCUT2D eigenvalue weighted by molar-refractivity contribution is 7.89. The second kappa shape index (κ2) is 9.97. The van der Waals surface area contributed by atoms with Crippen molar-refractivity contribution in [3.05, 3.63) is 59.4 Å². The molecule has 0 unspecified atom stereocenters. The third-order valence-corrected chi connectivity index (χ3v) is 7.65. The Balaban J connectivity index is 1.63. The molecule has 2 saturated heterocycles. The zero-order valence-corrected chi connectivity index (χ0v) is 18.7. The number of carbonyl (C=O) groups excluding carboxylic acids is 1. The van der Waals surface area contributed by atoms with Gasteiger partial charge in [0.2, 0.25) is 10.0 Å². The number of piperidine rings is 1. The van der Waals surface area contributed by atoms with Crippen molar-refractivity contribution in [2.45, 2.75) is 30.8 Å². The first-order chi connectivity index (χ1) is 15.4. The van der Waals surface area contributed by atoms with E-state index in [9.17, 15) is 17.6 Å². The lowest BCUT2D eigenvalue weighted by Gasteiger charge is -2.31. The van der Waals surface area contributed by atoms with E-state index in [1.807, 2.05) is 0 Å². The van der Waals surface area contributed by atoms with Gasteiger partial charge in [0.15, 0.2) is 0 Å². The van der Waals surface area contributed by atoms with E-state index < -0.39 is 21.8 Å². The molecular formula is C23H27FN2O5S. The number of benzene rings is 2. The summed E-state index contributed by atoms with van der Waals surface area (Å²) < 4.78 is 51.8. The molecule has 2 aromatic rings. The van der Waals surface area contributed by atoms with Crippen LogP contribution in [-0.4, -0.2) is 58.1 Å². The monoisotopic (exact) mass is 462 g/mol. The van der Waals surface area contributed by atoms with E-state index in [2.05, 4.69) is 4.90 Å². The second-order valence-electron chi connectivity index (χ2n) is 7.95. The first-order valence-electron chi connectivity index (χ1n) is 10.8. The number of halogens is 1. The van der Waals surface area contributed by atoms with Crippen molar-refractivity contribution < 1.29 is 27.1 Å². The molecule has 0 bridgehead atoms. The summed E-state index contributed by atoms with van der Waals surface area (Å²) in [7, 11) is -3.76. The van der Waals surface area contributed by atoms with Gasteiger partial charge in [-0.2, -0.15) is 4.31 Å². The summed E-state index contributed by atoms with van der Waals surface area (Å²) in [4.78, 5) is 15.2. The van der Waals surface area contributed by atoms with Crippen molar-refractivity contribution in [2.75, 3.05) is 44.3 Å². The van der Waals surface area contributed by atoms with Gasteiger partial charge < -0.3 is 14.4 Å². The highest BCUT2D eigenvalue weighted by Crippen LogP contribution is 2.29. The number of sulfonamides is 1. The average molecular weight is 463 g/mol. The number of rotatable bonds is 6. The van der Waals surface area contributed by atoms with E-state index in [-0.39, 0.29) is 30.2 Å². The van der Waals surface area contributed by atoms with Crippen LogP contribution in [0, 0.1) is 5.82 Å². The summed E-state index contributed by atoms with van der Waals surface area (Å²) in [5.74, 6) is -1.04. The molecule has 2 aliphatic heterocycles. The molecule has 2 aromatic carbocycles. The van der Waals surface area contributed by atoms with Crippen molar-refractivity contribution in [1.29, 1.82) is 0 Å². The van der Waals surface area contributed by atoms with Crippen molar-refractivity contribution in [3.8, 4) is 0 Å². The van der Waals surface area contributed by atoms with E-state index in [4.69, 9.17) is 9.47 Å². The fourth-order valence-corrected chi connectivity index (χ4v) is 5.47. The van der Waals surface area contributed by atoms with Gasteiger partial charge in [-0.25, -0.2) is 17.6 Å². The number of hydrogen-bond donors (Lipinski definition) is 0. The van der Waals surface area contributed by atoms with Crippen LogP contribution in [0.15, 0.2) is 47.4 Å². The Kier molecular flexibility index (Phi) is 7.07. The van der Waals surface area contributed by atoms with Gasteiger partial charge in [-0.05, 0) is 55.2 Å². The van der Waals surface area contributed by atoms with Gasteiger partial charge in [-0.15, -0.1) is 0 Å². The number of esters is 1. The molecule has 0 aromatic heterocycles. The van der Waals surface area contributed by atoms with Crippen LogP contribution in [0.3, 0.4) is 0 Å². The Morgan fingerprint density at radius 1 is 1.00 bits per heavy atom. The molecule has 0 atom stereocenters. The summed E-state index contributed by atoms with van der Waals surface area (Å²) >= 11 is 0. The van der Waals surface area contributed by atoms with Crippen LogP contribution in [0.25, 0.3) is 0 Å². The number of morpholine rings is 1. The first-order valence-corrected chi connectivity index (χ1v) is 12.3. The molecule has 0 spiro atoms. The minimum absolute atomic E-state index is 0.0536. The maximum absolute atomic E-state index is 13.5. The van der Waals surface area contributed by atoms with Gasteiger partial charge in [-0.3, -0.25) is 0 Å². The fraction of sp³-hybridized carbons (Fsp3) is 0.435. The normalized spacial score (nSPS) is 17.8. The first kappa shape index (κ1) is 22.7. The third-order valence-electron chi connectivity index (χ3n) is 5.75. The van der Waals surface area contributed by atoms with Gasteiger partial charge in [0.05, 0.1) is 29.4 Å². The predicted molar refractivity (Wildman–Crippen MR) is 118 cm³/mol. The van der Waals surface area contributed by atoms with Crippen molar-refractivity contribution in [2.24, 2.45) is 0 Å². The number of nitrogens with zero attached hydrogens (tertiary/aromatic N) is 2. The molecule has 2 fully saturated rings. The number of carbonyl (C=O) groups is 1. The Morgan fingerprint density at radius 3 is 2.47 bits per heavy atom. The van der Waals surface area contributed by atoms with Crippen LogP contribution in [0.5, 0.6) is 0 Å². The van der Waals surface area contributed by atoms with Crippen LogP contribution in [-0.2, 0) is 26.1 Å². The molecule has 0 radical (unpaired) electrons. The number of anilines is 1. The van der Waals surface area contributed by atoms with Gasteiger partial charge in [0.1, 0.15) is 12.4 Å². The minimum Gasteiger partial charge on any atom is -0.457 e. The maximum atomic E-state index is 13.5. The van der Waals surface area contributed by atoms with E-state index in [1.165, 1.54) is 22.5 Å². The average Bonchev–Trinajstić information content (AvgIpc) is 2.83. The Labute approximate surface area is 187 Å². The highest BCUT2D eigenvalue weighted by atomic mass is 32.2. The Bertz CT molecular complexity index is 1060. The second-order valence-corrected chi connectivity index (χ2v) is 9.89. The van der Waals surface area contributed by atoms with Crippen molar-refractivity contribution in [1.82, 2.24) is 4.31 Å². The van der Waals surface area contributed by atoms with E-state index >= 15 is 0 Å². The zero-order valence-electron chi connectivity index (χ0n) is 17.8. The smallest absolute Gasteiger partial charge is 0.340 e. The van der Waals surface area contributed by atoms with Gasteiger partial charge >= 0.3 is 5.97 Å². The predicted octanol–water partition coefficient (Wildman–Crippen LogP) is 3.19. The lowest BCUT2D eigenvalue weighted by molar-refractivity contribution is 0.0472. The topological polar surface area (TPSA) is 76.2 Å². The van der Waals surface area contributed by atoms with Gasteiger partial charge in [-0.1, -0.05) is 12.1 Å². The van der Waals surface area contributed by atoms with Crippen LogP contribution in [0.2, 0.25) is 0 Å². The Hall–Kier alpha value is -2.49. The molecule has 2 heterocycles. The lowest BCUT2D eigenvalue weighted by atomic mass is 10.1. The minimum atomic E-state index is -3.76. The lowest BCUT2D eigenvalue weighted by Crippen LogP contribution is -2.40. The summed E-state index contributed by atoms with van der Waals surface area (Å²) in [5, 5.41) is 0. The number of ether oxygens (including phenoxy) is 2.